The lowest BCUT2D eigenvalue weighted by molar-refractivity contribution is 0.332. The first-order valence-corrected chi connectivity index (χ1v) is 32.2. The van der Waals surface area contributed by atoms with Crippen LogP contribution in [0.15, 0.2) is 97.1 Å². The van der Waals surface area contributed by atoms with E-state index in [0.29, 0.717) is 0 Å². The summed E-state index contributed by atoms with van der Waals surface area (Å²) in [5.41, 5.74) is 24.9. The number of rotatable bonds is 4. The number of benzene rings is 7. The summed E-state index contributed by atoms with van der Waals surface area (Å²) < 4.78 is 4.19. The molecule has 3 heterocycles. The number of anilines is 5. The molecule has 0 saturated carbocycles. The molecule has 4 aliphatic carbocycles. The van der Waals surface area contributed by atoms with Crippen LogP contribution in [-0.4, -0.2) is 7.28 Å². The fourth-order valence-corrected chi connectivity index (χ4v) is 18.7. The number of thiophene rings is 2. The Kier molecular flexibility index (Phi) is 11.1. The van der Waals surface area contributed by atoms with Gasteiger partial charge in [-0.25, -0.2) is 0 Å². The first-order valence-electron chi connectivity index (χ1n) is 30.5. The molecule has 14 rings (SSSR count). The van der Waals surface area contributed by atoms with Crippen molar-refractivity contribution >= 4 is 110 Å². The number of fused-ring (bicyclic) bond motifs is 12. The van der Waals surface area contributed by atoms with Gasteiger partial charge in [0, 0.05) is 47.5 Å². The highest BCUT2D eigenvalue weighted by Gasteiger charge is 2.44. The highest BCUT2D eigenvalue weighted by atomic mass is 32.1. The van der Waals surface area contributed by atoms with Crippen molar-refractivity contribution in [3.05, 3.63) is 147 Å². The van der Waals surface area contributed by atoms with Gasteiger partial charge in [0.15, 0.2) is 0 Å². The Morgan fingerprint density at radius 1 is 0.400 bits per heavy atom. The highest BCUT2D eigenvalue weighted by molar-refractivity contribution is 7.26. The molecule has 0 radical (unpaired) electrons. The maximum Gasteiger partial charge on any atom is 0.200 e. The van der Waals surface area contributed by atoms with Crippen molar-refractivity contribution in [3.8, 4) is 11.1 Å². The summed E-state index contributed by atoms with van der Waals surface area (Å²) in [6.45, 7) is 42.1. The Hall–Kier alpha value is -5.36. The standard InChI is InChI=1S/C75H85BN2S2/c1-42-34-50-54(73(12,13)31-28-69(50,4)5)39-58(42)78-59-35-43-20-18-19-21-45(43)62(65(59)76-64-48-38-53-56(41-61(48)80-67(64)78)75(16,17)33-30-72(53,10)11)63-57(77-44-22-24-49-51(36-44)70(6,7)27-26-68(49,2)3)25-23-46-47-37-52-55(40-60(47)79-66(46)63)74(14,15)32-29-71(52,8)9/h18-25,34-41,76-77H,26-33H2,1-17H3. The van der Waals surface area contributed by atoms with Gasteiger partial charge in [-0.2, -0.15) is 0 Å². The lowest BCUT2D eigenvalue weighted by atomic mass is 9.57. The van der Waals surface area contributed by atoms with Crippen LogP contribution in [0.5, 0.6) is 0 Å². The first kappa shape index (κ1) is 52.7. The third-order valence-electron chi connectivity index (χ3n) is 22.1. The average Bonchev–Trinajstić information content (AvgIpc) is 2.50. The van der Waals surface area contributed by atoms with E-state index in [1.54, 1.807) is 11.1 Å². The molecule has 2 nitrogen and oxygen atoms in total. The highest BCUT2D eigenvalue weighted by Crippen LogP contribution is 2.57. The summed E-state index contributed by atoms with van der Waals surface area (Å²) in [6.07, 6.45) is 9.56. The monoisotopic (exact) mass is 1090 g/mol. The molecule has 0 amide bonds. The smallest absolute Gasteiger partial charge is 0.200 e. The summed E-state index contributed by atoms with van der Waals surface area (Å²) in [4.78, 5) is 2.78. The van der Waals surface area contributed by atoms with Gasteiger partial charge >= 0.3 is 0 Å². The molecule has 5 heteroatoms. The summed E-state index contributed by atoms with van der Waals surface area (Å²) in [5.74, 6) is 0. The van der Waals surface area contributed by atoms with Crippen molar-refractivity contribution in [1.82, 2.24) is 0 Å². The third kappa shape index (κ3) is 7.73. The Labute approximate surface area is 487 Å². The van der Waals surface area contributed by atoms with Crippen molar-refractivity contribution in [2.24, 2.45) is 0 Å². The summed E-state index contributed by atoms with van der Waals surface area (Å²) >= 11 is 4.07. The number of nitrogens with one attached hydrogen (secondary N) is 1. The third-order valence-corrected chi connectivity index (χ3v) is 24.4. The number of hydrogen-bond donors (Lipinski definition) is 1. The number of hydrogen-bond acceptors (Lipinski definition) is 4. The van der Waals surface area contributed by atoms with Gasteiger partial charge in [0.2, 0.25) is 7.28 Å². The van der Waals surface area contributed by atoms with Gasteiger partial charge in [-0.3, -0.25) is 0 Å². The summed E-state index contributed by atoms with van der Waals surface area (Å²) in [6, 6.07) is 40.1. The second-order valence-electron chi connectivity index (χ2n) is 31.3. The SMILES string of the molecule is Cc1cc2c(cc1N1c3cc4ccccc4c(-c4c(Nc5ccc6c(c5)C(C)(C)CCC6(C)C)ccc5c4sc4cc6c(cc45)C(C)(C)CCC6(C)C)c3Bc3c1sc1cc4c(cc31)C(C)(C)CCC4(C)C)C(C)(C)CCC2(C)C. The second kappa shape index (κ2) is 16.9. The van der Waals surface area contributed by atoms with Crippen LogP contribution in [0.1, 0.15) is 212 Å². The molecule has 0 saturated heterocycles. The van der Waals surface area contributed by atoms with Crippen LogP contribution in [0, 0.1) is 6.92 Å². The zero-order valence-electron chi connectivity index (χ0n) is 51.4. The van der Waals surface area contributed by atoms with Gasteiger partial charge < -0.3 is 10.2 Å². The maximum absolute atomic E-state index is 4.27. The van der Waals surface area contributed by atoms with Crippen LogP contribution in [0.4, 0.5) is 27.8 Å². The quantitative estimate of drug-likeness (QED) is 0.177. The molecule has 1 aliphatic heterocycles. The maximum atomic E-state index is 4.27. The first-order chi connectivity index (χ1) is 37.5. The molecule has 0 bridgehead atoms. The molecule has 410 valence electrons. The predicted octanol–water partition coefficient (Wildman–Crippen LogP) is 20.7. The molecule has 0 unspecified atom stereocenters. The molecule has 0 fully saturated rings. The van der Waals surface area contributed by atoms with Crippen LogP contribution in [-0.2, 0) is 43.3 Å². The molecule has 5 aliphatic rings. The largest absolute Gasteiger partial charge is 0.355 e. The van der Waals surface area contributed by atoms with E-state index >= 15 is 0 Å². The minimum Gasteiger partial charge on any atom is -0.355 e. The normalized spacial score (nSPS) is 21.0. The van der Waals surface area contributed by atoms with Crippen molar-refractivity contribution in [3.63, 3.8) is 0 Å². The number of aryl methyl sites for hydroxylation is 1. The molecule has 0 spiro atoms. The predicted molar refractivity (Wildman–Crippen MR) is 354 cm³/mol. The Morgan fingerprint density at radius 3 is 1.48 bits per heavy atom. The summed E-state index contributed by atoms with van der Waals surface area (Å²) in [5, 5.41) is 12.5. The molecule has 9 aromatic rings. The van der Waals surface area contributed by atoms with Crippen LogP contribution in [0.25, 0.3) is 52.2 Å². The van der Waals surface area contributed by atoms with Crippen molar-refractivity contribution < 1.29 is 0 Å². The Bertz CT molecular complexity index is 4160. The molecule has 80 heavy (non-hydrogen) atoms. The molecule has 7 aromatic carbocycles. The van der Waals surface area contributed by atoms with Crippen LogP contribution in [0.3, 0.4) is 0 Å². The van der Waals surface area contributed by atoms with Crippen molar-refractivity contribution in [2.45, 2.75) is 212 Å². The van der Waals surface area contributed by atoms with Gasteiger partial charge in [-0.1, -0.05) is 153 Å². The Balaban J connectivity index is 1.10. The van der Waals surface area contributed by atoms with Gasteiger partial charge in [0.05, 0.1) is 10.7 Å². The Morgan fingerprint density at radius 2 is 0.887 bits per heavy atom. The van der Waals surface area contributed by atoms with Crippen LogP contribution < -0.4 is 21.1 Å². The van der Waals surface area contributed by atoms with Gasteiger partial charge in [-0.15, -0.1) is 22.7 Å². The average molecular weight is 1090 g/mol. The van der Waals surface area contributed by atoms with E-state index in [4.69, 9.17) is 0 Å². The van der Waals surface area contributed by atoms with E-state index in [-0.39, 0.29) is 43.3 Å². The fraction of sp³-hybridized carbons (Fsp3) is 0.440. The molecular formula is C75H85BN2S2. The minimum absolute atomic E-state index is 0.0579. The van der Waals surface area contributed by atoms with Crippen LogP contribution >= 0.6 is 22.7 Å². The lowest BCUT2D eigenvalue weighted by Gasteiger charge is -2.43. The van der Waals surface area contributed by atoms with Gasteiger partial charge in [0.25, 0.3) is 0 Å². The van der Waals surface area contributed by atoms with Gasteiger partial charge in [-0.05, 0) is 239 Å². The van der Waals surface area contributed by atoms with Crippen molar-refractivity contribution in [1.29, 1.82) is 0 Å². The minimum atomic E-state index is 0.0579. The van der Waals surface area contributed by atoms with Gasteiger partial charge in [0.1, 0.15) is 0 Å². The molecule has 1 N–H and O–H groups in total. The summed E-state index contributed by atoms with van der Waals surface area (Å²) in [7, 11) is 0.853. The number of nitrogens with zero attached hydrogens (tertiary/aromatic N) is 1. The second-order valence-corrected chi connectivity index (χ2v) is 33.3. The van der Waals surface area contributed by atoms with Crippen molar-refractivity contribution in [2.75, 3.05) is 10.2 Å². The van der Waals surface area contributed by atoms with E-state index in [0.717, 1.165) is 7.28 Å². The lowest BCUT2D eigenvalue weighted by Crippen LogP contribution is -2.41. The topological polar surface area (TPSA) is 15.3 Å². The fourth-order valence-electron chi connectivity index (χ4n) is 16.1. The van der Waals surface area contributed by atoms with E-state index in [2.05, 4.69) is 225 Å². The zero-order valence-corrected chi connectivity index (χ0v) is 53.0. The van der Waals surface area contributed by atoms with E-state index in [9.17, 15) is 0 Å². The molecular weight excluding hydrogens is 1000 g/mol. The van der Waals surface area contributed by atoms with E-state index < -0.39 is 0 Å². The van der Waals surface area contributed by atoms with Crippen LogP contribution in [0.2, 0.25) is 0 Å². The van der Waals surface area contributed by atoms with E-state index in [1.807, 2.05) is 22.7 Å². The van der Waals surface area contributed by atoms with E-state index in [1.165, 1.54) is 181 Å². The molecule has 0 atom stereocenters. The zero-order chi connectivity index (χ0) is 56.4. The molecule has 2 aromatic heterocycles.